The van der Waals surface area contributed by atoms with Crippen LogP contribution in [0, 0.1) is 12.7 Å². The molecule has 0 saturated heterocycles. The van der Waals surface area contributed by atoms with Crippen molar-refractivity contribution >= 4 is 23.2 Å². The minimum atomic E-state index is -0.265. The van der Waals surface area contributed by atoms with Gasteiger partial charge in [0.15, 0.2) is 0 Å². The fraction of sp³-hybridized carbons (Fsp3) is 0.200. The van der Waals surface area contributed by atoms with Crippen molar-refractivity contribution in [3.05, 3.63) is 69.0 Å². The van der Waals surface area contributed by atoms with Crippen LogP contribution in [0.25, 0.3) is 0 Å². The molecule has 2 aromatic rings. The van der Waals surface area contributed by atoms with Crippen molar-refractivity contribution in [1.29, 1.82) is 0 Å². The molecule has 0 amide bonds. The number of rotatable bonds is 4. The largest absolute Gasteiger partial charge is 0.271 e. The Morgan fingerprint density at radius 1 is 1.20 bits per heavy atom. The first-order valence-electron chi connectivity index (χ1n) is 6.17. The lowest BCUT2D eigenvalue weighted by molar-refractivity contribution is 0.547. The number of hydrogen-bond donors (Lipinski definition) is 2. The predicted molar refractivity (Wildman–Crippen MR) is 81.4 cm³/mol. The molecule has 0 aromatic heterocycles. The standard InChI is InChI=1S/C15H15Cl2FN2/c1-9-2-4-12(18)6-10(9)7-15(20-19)13-8-11(16)3-5-14(13)17/h2-6,8,15,20H,7,19H2,1H3. The molecule has 0 bridgehead atoms. The molecule has 0 aliphatic rings. The predicted octanol–water partition coefficient (Wildman–Crippen LogP) is 4.19. The zero-order chi connectivity index (χ0) is 14.7. The van der Waals surface area contributed by atoms with Gasteiger partial charge in [-0.1, -0.05) is 29.3 Å². The van der Waals surface area contributed by atoms with E-state index in [-0.39, 0.29) is 11.9 Å². The second kappa shape index (κ2) is 6.55. The number of hydrazine groups is 1. The highest BCUT2D eigenvalue weighted by Gasteiger charge is 2.16. The van der Waals surface area contributed by atoms with E-state index in [1.165, 1.54) is 12.1 Å². The quantitative estimate of drug-likeness (QED) is 0.656. The van der Waals surface area contributed by atoms with Gasteiger partial charge in [-0.15, -0.1) is 0 Å². The number of aryl methyl sites for hydroxylation is 1. The summed E-state index contributed by atoms with van der Waals surface area (Å²) in [5.41, 5.74) is 5.40. The molecule has 0 radical (unpaired) electrons. The van der Waals surface area contributed by atoms with E-state index < -0.39 is 0 Å². The van der Waals surface area contributed by atoms with Crippen molar-refractivity contribution in [2.75, 3.05) is 0 Å². The summed E-state index contributed by atoms with van der Waals surface area (Å²) in [4.78, 5) is 0. The first-order valence-corrected chi connectivity index (χ1v) is 6.93. The van der Waals surface area contributed by atoms with Crippen LogP contribution in [0.2, 0.25) is 10.0 Å². The fourth-order valence-electron chi connectivity index (χ4n) is 2.12. The molecule has 2 aromatic carbocycles. The lowest BCUT2D eigenvalue weighted by Crippen LogP contribution is -2.30. The zero-order valence-electron chi connectivity index (χ0n) is 11.0. The third-order valence-electron chi connectivity index (χ3n) is 3.27. The minimum absolute atomic E-state index is 0.235. The number of nitrogens with two attached hydrogens (primary N) is 1. The summed E-state index contributed by atoms with van der Waals surface area (Å²) in [6, 6.07) is 9.67. The van der Waals surface area contributed by atoms with Crippen LogP contribution in [0.1, 0.15) is 22.7 Å². The zero-order valence-corrected chi connectivity index (χ0v) is 12.5. The van der Waals surface area contributed by atoms with Crippen LogP contribution < -0.4 is 11.3 Å². The van der Waals surface area contributed by atoms with Gasteiger partial charge in [0.2, 0.25) is 0 Å². The van der Waals surface area contributed by atoms with E-state index in [9.17, 15) is 4.39 Å². The van der Waals surface area contributed by atoms with E-state index in [4.69, 9.17) is 29.0 Å². The molecule has 2 nitrogen and oxygen atoms in total. The summed E-state index contributed by atoms with van der Waals surface area (Å²) < 4.78 is 13.3. The van der Waals surface area contributed by atoms with Crippen LogP contribution in [0.15, 0.2) is 36.4 Å². The first kappa shape index (κ1) is 15.3. The van der Waals surface area contributed by atoms with Crippen LogP contribution in [0.5, 0.6) is 0 Å². The number of benzene rings is 2. The van der Waals surface area contributed by atoms with Gasteiger partial charge in [0.25, 0.3) is 0 Å². The Balaban J connectivity index is 2.33. The lowest BCUT2D eigenvalue weighted by Gasteiger charge is -2.19. The molecule has 0 aliphatic carbocycles. The van der Waals surface area contributed by atoms with Gasteiger partial charge >= 0.3 is 0 Å². The highest BCUT2D eigenvalue weighted by molar-refractivity contribution is 6.33. The Bertz CT molecular complexity index is 617. The summed E-state index contributed by atoms with van der Waals surface area (Å²) in [5, 5.41) is 1.16. The molecule has 1 unspecified atom stereocenters. The topological polar surface area (TPSA) is 38.0 Å². The molecule has 0 spiro atoms. The van der Waals surface area contributed by atoms with Crippen molar-refractivity contribution in [3.63, 3.8) is 0 Å². The summed E-state index contributed by atoms with van der Waals surface area (Å²) in [6.45, 7) is 1.93. The molecule has 20 heavy (non-hydrogen) atoms. The van der Waals surface area contributed by atoms with E-state index in [1.807, 2.05) is 6.92 Å². The smallest absolute Gasteiger partial charge is 0.123 e. The normalized spacial score (nSPS) is 12.4. The number of hydrogen-bond acceptors (Lipinski definition) is 2. The fourth-order valence-corrected chi connectivity index (χ4v) is 2.55. The Labute approximate surface area is 127 Å². The average Bonchev–Trinajstić information content (AvgIpc) is 2.42. The van der Waals surface area contributed by atoms with Gasteiger partial charge in [-0.05, 0) is 60.4 Å². The maximum Gasteiger partial charge on any atom is 0.123 e. The highest BCUT2D eigenvalue weighted by atomic mass is 35.5. The number of nitrogens with one attached hydrogen (secondary N) is 1. The van der Waals surface area contributed by atoms with Crippen molar-refractivity contribution < 1.29 is 4.39 Å². The van der Waals surface area contributed by atoms with Crippen molar-refractivity contribution in [2.24, 2.45) is 5.84 Å². The van der Waals surface area contributed by atoms with Crippen LogP contribution >= 0.6 is 23.2 Å². The van der Waals surface area contributed by atoms with Gasteiger partial charge in [-0.3, -0.25) is 11.3 Å². The molecular weight excluding hydrogens is 298 g/mol. The van der Waals surface area contributed by atoms with Gasteiger partial charge in [0, 0.05) is 10.0 Å². The van der Waals surface area contributed by atoms with Crippen molar-refractivity contribution in [2.45, 2.75) is 19.4 Å². The van der Waals surface area contributed by atoms with Crippen molar-refractivity contribution in [1.82, 2.24) is 5.43 Å². The molecule has 0 fully saturated rings. The van der Waals surface area contributed by atoms with Gasteiger partial charge in [0.05, 0.1) is 6.04 Å². The monoisotopic (exact) mass is 312 g/mol. The molecule has 3 N–H and O–H groups in total. The number of halogens is 3. The van der Waals surface area contributed by atoms with E-state index in [0.717, 1.165) is 16.7 Å². The summed E-state index contributed by atoms with van der Waals surface area (Å²) >= 11 is 12.2. The summed E-state index contributed by atoms with van der Waals surface area (Å²) in [5.74, 6) is 5.35. The third kappa shape index (κ3) is 3.49. The summed E-state index contributed by atoms with van der Waals surface area (Å²) in [7, 11) is 0. The Kier molecular flexibility index (Phi) is 5.00. The molecule has 106 valence electrons. The maximum absolute atomic E-state index is 13.3. The molecule has 5 heteroatoms. The van der Waals surface area contributed by atoms with E-state index in [1.54, 1.807) is 24.3 Å². The molecule has 1 atom stereocenters. The van der Waals surface area contributed by atoms with Crippen molar-refractivity contribution in [3.8, 4) is 0 Å². The SMILES string of the molecule is Cc1ccc(F)cc1CC(NN)c1cc(Cl)ccc1Cl. The minimum Gasteiger partial charge on any atom is -0.271 e. The van der Waals surface area contributed by atoms with Crippen LogP contribution in [-0.4, -0.2) is 0 Å². The molecule has 0 heterocycles. The molecule has 0 saturated carbocycles. The second-order valence-corrected chi connectivity index (χ2v) is 5.50. The van der Waals surface area contributed by atoms with Crippen LogP contribution in [-0.2, 0) is 6.42 Å². The maximum atomic E-state index is 13.3. The Morgan fingerprint density at radius 2 is 1.95 bits per heavy atom. The lowest BCUT2D eigenvalue weighted by atomic mass is 9.96. The van der Waals surface area contributed by atoms with Crippen LogP contribution in [0.4, 0.5) is 4.39 Å². The Hall–Kier alpha value is -1.13. The summed E-state index contributed by atoms with van der Waals surface area (Å²) in [6.07, 6.45) is 0.528. The van der Waals surface area contributed by atoms with E-state index in [2.05, 4.69) is 5.43 Å². The highest BCUT2D eigenvalue weighted by Crippen LogP contribution is 2.29. The van der Waals surface area contributed by atoms with Gasteiger partial charge < -0.3 is 0 Å². The first-order chi connectivity index (χ1) is 9.51. The van der Waals surface area contributed by atoms with Crippen LogP contribution in [0.3, 0.4) is 0 Å². The van der Waals surface area contributed by atoms with E-state index >= 15 is 0 Å². The average molecular weight is 313 g/mol. The Morgan fingerprint density at radius 3 is 2.65 bits per heavy atom. The second-order valence-electron chi connectivity index (χ2n) is 4.66. The molecule has 2 rings (SSSR count). The molecular formula is C15H15Cl2FN2. The molecule has 0 aliphatic heterocycles. The van der Waals surface area contributed by atoms with Gasteiger partial charge in [-0.25, -0.2) is 4.39 Å². The van der Waals surface area contributed by atoms with Gasteiger partial charge in [0.1, 0.15) is 5.82 Å². The third-order valence-corrected chi connectivity index (χ3v) is 3.85. The van der Waals surface area contributed by atoms with Gasteiger partial charge in [-0.2, -0.15) is 0 Å². The van der Waals surface area contributed by atoms with E-state index in [0.29, 0.717) is 16.5 Å².